The van der Waals surface area contributed by atoms with E-state index in [1.165, 1.54) is 43.9 Å². The molecule has 1 unspecified atom stereocenters. The van der Waals surface area contributed by atoms with E-state index in [1.807, 2.05) is 0 Å². The van der Waals surface area contributed by atoms with Crippen LogP contribution in [-0.4, -0.2) is 6.54 Å². The van der Waals surface area contributed by atoms with Crippen molar-refractivity contribution in [1.82, 2.24) is 5.32 Å². The van der Waals surface area contributed by atoms with Crippen molar-refractivity contribution in [3.05, 3.63) is 47.0 Å². The van der Waals surface area contributed by atoms with Crippen LogP contribution >= 0.6 is 0 Å². The summed E-state index contributed by atoms with van der Waals surface area (Å²) in [7, 11) is 0. The van der Waals surface area contributed by atoms with Crippen molar-refractivity contribution in [2.75, 3.05) is 6.54 Å². The van der Waals surface area contributed by atoms with Crippen LogP contribution in [0.1, 0.15) is 55.3 Å². The number of aryl methyl sites for hydroxylation is 2. The molecule has 2 aromatic rings. The highest BCUT2D eigenvalue weighted by atomic mass is 14.9. The molecule has 0 aliphatic heterocycles. The summed E-state index contributed by atoms with van der Waals surface area (Å²) in [6.07, 6.45) is 8.06. The maximum absolute atomic E-state index is 3.79. The van der Waals surface area contributed by atoms with E-state index in [2.05, 4.69) is 42.6 Å². The topological polar surface area (TPSA) is 12.0 Å². The average Bonchev–Trinajstić information content (AvgIpc) is 3.17. The summed E-state index contributed by atoms with van der Waals surface area (Å²) in [6, 6.07) is 12.3. The van der Waals surface area contributed by atoms with Crippen LogP contribution in [0.4, 0.5) is 0 Å². The predicted molar refractivity (Wildman–Crippen MR) is 89.7 cm³/mol. The summed E-state index contributed by atoms with van der Waals surface area (Å²) in [4.78, 5) is 0. The molecule has 4 rings (SSSR count). The van der Waals surface area contributed by atoms with Gasteiger partial charge in [-0.1, -0.05) is 50.1 Å². The van der Waals surface area contributed by atoms with Crippen molar-refractivity contribution in [2.24, 2.45) is 5.92 Å². The molecule has 1 heteroatoms. The van der Waals surface area contributed by atoms with Gasteiger partial charge < -0.3 is 5.32 Å². The molecule has 1 saturated carbocycles. The molecule has 0 bridgehead atoms. The molecule has 1 N–H and O–H groups in total. The fourth-order valence-electron chi connectivity index (χ4n) is 4.58. The molecule has 2 aliphatic carbocycles. The number of rotatable bonds is 4. The second kappa shape index (κ2) is 5.46. The first-order valence-corrected chi connectivity index (χ1v) is 8.65. The lowest BCUT2D eigenvalue weighted by molar-refractivity contribution is 0.376. The summed E-state index contributed by atoms with van der Waals surface area (Å²) in [5, 5.41) is 6.87. The zero-order valence-corrected chi connectivity index (χ0v) is 13.0. The number of hydrogen-bond donors (Lipinski definition) is 1. The monoisotopic (exact) mass is 279 g/mol. The molecule has 0 heterocycles. The molecule has 21 heavy (non-hydrogen) atoms. The molecule has 0 amide bonds. The quantitative estimate of drug-likeness (QED) is 0.849. The Balaban J connectivity index is 1.85. The van der Waals surface area contributed by atoms with Gasteiger partial charge in [-0.3, -0.25) is 0 Å². The molecule has 0 aromatic heterocycles. The molecule has 1 nitrogen and oxygen atoms in total. The van der Waals surface area contributed by atoms with E-state index in [4.69, 9.17) is 0 Å². The van der Waals surface area contributed by atoms with E-state index in [0.717, 1.165) is 12.5 Å². The van der Waals surface area contributed by atoms with Gasteiger partial charge in [0, 0.05) is 6.04 Å². The van der Waals surface area contributed by atoms with Crippen molar-refractivity contribution >= 4 is 10.8 Å². The molecule has 1 atom stereocenters. The maximum Gasteiger partial charge on any atom is 0.0354 e. The normalized spacial score (nSPS) is 19.5. The van der Waals surface area contributed by atoms with Crippen molar-refractivity contribution in [3.63, 3.8) is 0 Å². The zero-order valence-electron chi connectivity index (χ0n) is 13.0. The smallest absolute Gasteiger partial charge is 0.0354 e. The summed E-state index contributed by atoms with van der Waals surface area (Å²) in [5.41, 5.74) is 4.67. The van der Waals surface area contributed by atoms with Crippen LogP contribution in [0.25, 0.3) is 10.8 Å². The van der Waals surface area contributed by atoms with Gasteiger partial charge in [0.05, 0.1) is 0 Å². The standard InChI is InChI=1S/C20H25N/c1-2-21-20(16-6-3-4-7-16)18-13-12-15-11-10-14-8-5-9-17(18)19(14)15/h5,8-9,12-13,16,20-21H,2-4,6-7,10-11H2,1H3. The third-order valence-corrected chi connectivity index (χ3v) is 5.54. The molecular weight excluding hydrogens is 254 g/mol. The Morgan fingerprint density at radius 3 is 2.57 bits per heavy atom. The third kappa shape index (κ3) is 2.19. The Bertz CT molecular complexity index is 642. The van der Waals surface area contributed by atoms with Crippen molar-refractivity contribution < 1.29 is 0 Å². The highest BCUT2D eigenvalue weighted by molar-refractivity contribution is 5.93. The maximum atomic E-state index is 3.79. The molecular formula is C20H25N. The Morgan fingerprint density at radius 2 is 1.81 bits per heavy atom. The Morgan fingerprint density at radius 1 is 1.05 bits per heavy atom. The van der Waals surface area contributed by atoms with Gasteiger partial charge >= 0.3 is 0 Å². The minimum Gasteiger partial charge on any atom is -0.310 e. The fraction of sp³-hybridized carbons (Fsp3) is 0.500. The van der Waals surface area contributed by atoms with Crippen LogP contribution in [0, 0.1) is 5.92 Å². The Labute approximate surface area is 127 Å². The predicted octanol–water partition coefficient (Wildman–Crippen LogP) is 4.78. The molecule has 2 aliphatic rings. The lowest BCUT2D eigenvalue weighted by Crippen LogP contribution is -2.27. The van der Waals surface area contributed by atoms with E-state index in [1.54, 1.807) is 22.1 Å². The minimum atomic E-state index is 0.544. The first kappa shape index (κ1) is 13.3. The van der Waals surface area contributed by atoms with E-state index < -0.39 is 0 Å². The average molecular weight is 279 g/mol. The van der Waals surface area contributed by atoms with Gasteiger partial charge in [0.15, 0.2) is 0 Å². The first-order chi connectivity index (χ1) is 10.4. The van der Waals surface area contributed by atoms with Crippen molar-refractivity contribution in [1.29, 1.82) is 0 Å². The van der Waals surface area contributed by atoms with Gasteiger partial charge in [-0.15, -0.1) is 0 Å². The van der Waals surface area contributed by atoms with Crippen LogP contribution in [0.3, 0.4) is 0 Å². The summed E-state index contributed by atoms with van der Waals surface area (Å²) >= 11 is 0. The first-order valence-electron chi connectivity index (χ1n) is 8.65. The molecule has 0 saturated heterocycles. The highest BCUT2D eigenvalue weighted by Crippen LogP contribution is 2.41. The summed E-state index contributed by atoms with van der Waals surface area (Å²) in [5.74, 6) is 0.823. The molecule has 110 valence electrons. The van der Waals surface area contributed by atoms with E-state index in [0.29, 0.717) is 6.04 Å². The number of benzene rings is 2. The lowest BCUT2D eigenvalue weighted by Gasteiger charge is -2.26. The van der Waals surface area contributed by atoms with Crippen LogP contribution in [-0.2, 0) is 12.8 Å². The largest absolute Gasteiger partial charge is 0.310 e. The van der Waals surface area contributed by atoms with Crippen LogP contribution in [0.2, 0.25) is 0 Å². The van der Waals surface area contributed by atoms with Gasteiger partial charge in [0.25, 0.3) is 0 Å². The Hall–Kier alpha value is -1.34. The number of hydrogen-bond acceptors (Lipinski definition) is 1. The van der Waals surface area contributed by atoms with Crippen molar-refractivity contribution in [2.45, 2.75) is 51.5 Å². The highest BCUT2D eigenvalue weighted by Gasteiger charge is 2.28. The van der Waals surface area contributed by atoms with Crippen LogP contribution in [0.15, 0.2) is 30.3 Å². The second-order valence-electron chi connectivity index (χ2n) is 6.73. The Kier molecular flexibility index (Phi) is 3.46. The summed E-state index contributed by atoms with van der Waals surface area (Å²) < 4.78 is 0. The molecule has 0 radical (unpaired) electrons. The van der Waals surface area contributed by atoms with Gasteiger partial charge in [0.2, 0.25) is 0 Å². The summed E-state index contributed by atoms with van der Waals surface area (Å²) in [6.45, 7) is 3.30. The zero-order chi connectivity index (χ0) is 14.2. The molecule has 1 fully saturated rings. The second-order valence-corrected chi connectivity index (χ2v) is 6.73. The van der Waals surface area contributed by atoms with E-state index in [9.17, 15) is 0 Å². The van der Waals surface area contributed by atoms with Gasteiger partial charge in [0.1, 0.15) is 0 Å². The minimum absolute atomic E-state index is 0.544. The van der Waals surface area contributed by atoms with Gasteiger partial charge in [-0.25, -0.2) is 0 Å². The van der Waals surface area contributed by atoms with Gasteiger partial charge in [-0.05, 0) is 65.6 Å². The molecule has 0 spiro atoms. The number of nitrogens with one attached hydrogen (secondary N) is 1. The van der Waals surface area contributed by atoms with E-state index in [-0.39, 0.29) is 0 Å². The SMILES string of the molecule is CCNC(c1ccc2c3c(cccc13)CC2)C1CCCC1. The molecule has 2 aromatic carbocycles. The lowest BCUT2D eigenvalue weighted by atomic mass is 9.87. The fourth-order valence-corrected chi connectivity index (χ4v) is 4.58. The van der Waals surface area contributed by atoms with E-state index >= 15 is 0 Å². The van der Waals surface area contributed by atoms with Crippen molar-refractivity contribution in [3.8, 4) is 0 Å². The third-order valence-electron chi connectivity index (χ3n) is 5.54. The van der Waals surface area contributed by atoms with Crippen LogP contribution < -0.4 is 5.32 Å². The van der Waals surface area contributed by atoms with Gasteiger partial charge in [-0.2, -0.15) is 0 Å². The van der Waals surface area contributed by atoms with Crippen LogP contribution in [0.5, 0.6) is 0 Å².